The number of ether oxygens (including phenoxy) is 1. The Bertz CT molecular complexity index is 920. The van der Waals surface area contributed by atoms with E-state index in [1.807, 2.05) is 26.8 Å². The third-order valence-electron chi connectivity index (χ3n) is 4.13. The number of carbonyl (C=O) groups excluding carboxylic acids is 3. The fraction of sp³-hybridized carbons (Fsp3) is 0.348. The van der Waals surface area contributed by atoms with E-state index in [4.69, 9.17) is 4.74 Å². The van der Waals surface area contributed by atoms with Gasteiger partial charge in [0.15, 0.2) is 0 Å². The molecule has 0 atom stereocenters. The number of hydrogen-bond acceptors (Lipinski definition) is 5. The lowest BCUT2D eigenvalue weighted by Gasteiger charge is -2.23. The molecule has 31 heavy (non-hydrogen) atoms. The molecule has 0 saturated heterocycles. The van der Waals surface area contributed by atoms with Crippen LogP contribution in [0, 0.1) is 0 Å². The number of anilines is 2. The molecule has 0 bridgehead atoms. The molecule has 0 aliphatic rings. The van der Waals surface area contributed by atoms with Crippen LogP contribution in [0.5, 0.6) is 5.75 Å². The highest BCUT2D eigenvalue weighted by molar-refractivity contribution is 6.05. The number of methoxy groups -OCH3 is 1. The summed E-state index contributed by atoms with van der Waals surface area (Å²) in [7, 11) is 3.24. The Labute approximate surface area is 183 Å². The van der Waals surface area contributed by atoms with Crippen molar-refractivity contribution in [1.82, 2.24) is 10.2 Å². The van der Waals surface area contributed by atoms with Crippen molar-refractivity contribution in [3.8, 4) is 5.75 Å². The van der Waals surface area contributed by atoms with Gasteiger partial charge in [-0.1, -0.05) is 12.1 Å². The fourth-order valence-corrected chi connectivity index (χ4v) is 2.85. The van der Waals surface area contributed by atoms with E-state index in [0.717, 1.165) is 0 Å². The van der Waals surface area contributed by atoms with Gasteiger partial charge in [-0.25, -0.2) is 0 Å². The van der Waals surface area contributed by atoms with Crippen LogP contribution in [0.1, 0.15) is 31.1 Å². The fourth-order valence-electron chi connectivity index (χ4n) is 2.85. The average molecular weight is 427 g/mol. The molecule has 0 fully saturated rings. The number of amides is 3. The first-order chi connectivity index (χ1) is 14.6. The van der Waals surface area contributed by atoms with Gasteiger partial charge in [-0.05, 0) is 64.2 Å². The van der Waals surface area contributed by atoms with Crippen LogP contribution in [0.3, 0.4) is 0 Å². The minimum Gasteiger partial charge on any atom is -0.495 e. The van der Waals surface area contributed by atoms with Crippen LogP contribution in [0.25, 0.3) is 0 Å². The quantitative estimate of drug-likeness (QED) is 0.603. The molecule has 0 heterocycles. The summed E-state index contributed by atoms with van der Waals surface area (Å²) >= 11 is 0. The van der Waals surface area contributed by atoms with Gasteiger partial charge in [0.1, 0.15) is 5.75 Å². The number of carbonyl (C=O) groups is 3. The van der Waals surface area contributed by atoms with Crippen molar-refractivity contribution in [3.05, 3.63) is 54.1 Å². The van der Waals surface area contributed by atoms with Gasteiger partial charge in [0.2, 0.25) is 11.8 Å². The van der Waals surface area contributed by atoms with Gasteiger partial charge in [-0.2, -0.15) is 0 Å². The largest absolute Gasteiger partial charge is 0.495 e. The van der Waals surface area contributed by atoms with Gasteiger partial charge in [-0.3, -0.25) is 19.3 Å². The second kappa shape index (κ2) is 10.6. The number of para-hydroxylation sites is 2. The Balaban J connectivity index is 1.88. The summed E-state index contributed by atoms with van der Waals surface area (Å²) in [5, 5.41) is 8.42. The van der Waals surface area contributed by atoms with Gasteiger partial charge in [0, 0.05) is 16.8 Å². The van der Waals surface area contributed by atoms with Crippen molar-refractivity contribution in [3.63, 3.8) is 0 Å². The summed E-state index contributed by atoms with van der Waals surface area (Å²) in [5.74, 6) is -0.113. The second-order valence-electron chi connectivity index (χ2n) is 8.25. The third kappa shape index (κ3) is 8.10. The Morgan fingerprint density at radius 2 is 1.52 bits per heavy atom. The number of hydrogen-bond donors (Lipinski definition) is 3. The molecule has 0 aliphatic carbocycles. The average Bonchev–Trinajstić information content (AvgIpc) is 2.67. The molecule has 8 nitrogen and oxygen atoms in total. The van der Waals surface area contributed by atoms with E-state index in [1.165, 1.54) is 7.11 Å². The highest BCUT2D eigenvalue weighted by Gasteiger charge is 2.16. The number of likely N-dealkylation sites (N-methyl/N-ethyl adjacent to an activating group) is 1. The molecule has 0 radical (unpaired) electrons. The zero-order valence-electron chi connectivity index (χ0n) is 18.6. The number of nitrogens with one attached hydrogen (secondary N) is 3. The Kier molecular flexibility index (Phi) is 8.15. The van der Waals surface area contributed by atoms with Crippen LogP contribution < -0.4 is 20.7 Å². The van der Waals surface area contributed by atoms with Crippen molar-refractivity contribution in [1.29, 1.82) is 0 Å². The lowest BCUT2D eigenvalue weighted by atomic mass is 10.1. The van der Waals surface area contributed by atoms with E-state index >= 15 is 0 Å². The van der Waals surface area contributed by atoms with Crippen LogP contribution in [0.15, 0.2) is 48.5 Å². The van der Waals surface area contributed by atoms with Crippen LogP contribution in [-0.4, -0.2) is 55.4 Å². The second-order valence-corrected chi connectivity index (χ2v) is 8.25. The predicted molar refractivity (Wildman–Crippen MR) is 121 cm³/mol. The van der Waals surface area contributed by atoms with Crippen LogP contribution in [0.4, 0.5) is 11.4 Å². The molecule has 0 aliphatic heterocycles. The van der Waals surface area contributed by atoms with Gasteiger partial charge in [-0.15, -0.1) is 0 Å². The Morgan fingerprint density at radius 1 is 0.903 bits per heavy atom. The predicted octanol–water partition coefficient (Wildman–Crippen LogP) is 2.73. The standard InChI is InChI=1S/C23H30N4O4/c1-23(2,3)26-21(29)15-27(4)14-20(28)24-17-12-10-16(11-13-17)22(30)25-18-8-6-7-9-19(18)31-5/h6-13H,14-15H2,1-5H3,(H,24,28)(H,25,30)(H,26,29). The first-order valence-electron chi connectivity index (χ1n) is 9.91. The lowest BCUT2D eigenvalue weighted by Crippen LogP contribution is -2.46. The summed E-state index contributed by atoms with van der Waals surface area (Å²) < 4.78 is 5.23. The number of nitrogens with zero attached hydrogens (tertiary/aromatic N) is 1. The van der Waals surface area contributed by atoms with Crippen molar-refractivity contribution < 1.29 is 19.1 Å². The zero-order chi connectivity index (χ0) is 23.0. The highest BCUT2D eigenvalue weighted by atomic mass is 16.5. The van der Waals surface area contributed by atoms with Gasteiger partial charge in [0.25, 0.3) is 5.91 Å². The number of benzene rings is 2. The van der Waals surface area contributed by atoms with Gasteiger partial charge in [0.05, 0.1) is 25.9 Å². The smallest absolute Gasteiger partial charge is 0.255 e. The van der Waals surface area contributed by atoms with E-state index < -0.39 is 0 Å². The van der Waals surface area contributed by atoms with Gasteiger partial charge >= 0.3 is 0 Å². The van der Waals surface area contributed by atoms with Crippen molar-refractivity contribution in [2.45, 2.75) is 26.3 Å². The lowest BCUT2D eigenvalue weighted by molar-refractivity contribution is -0.124. The summed E-state index contributed by atoms with van der Waals surface area (Å²) in [5.41, 5.74) is 1.26. The minimum atomic E-state index is -0.320. The molecule has 8 heteroatoms. The monoisotopic (exact) mass is 426 g/mol. The molecule has 3 N–H and O–H groups in total. The molecule has 0 aromatic heterocycles. The molecular formula is C23H30N4O4. The molecule has 166 valence electrons. The maximum Gasteiger partial charge on any atom is 0.255 e. The Hall–Kier alpha value is -3.39. The molecule has 0 unspecified atom stereocenters. The van der Waals surface area contributed by atoms with E-state index in [0.29, 0.717) is 22.7 Å². The van der Waals surface area contributed by atoms with Gasteiger partial charge < -0.3 is 20.7 Å². The minimum absolute atomic E-state index is 0.0631. The molecule has 2 aromatic rings. The normalized spacial score (nSPS) is 11.0. The third-order valence-corrected chi connectivity index (χ3v) is 4.13. The summed E-state index contributed by atoms with van der Waals surface area (Å²) in [6.07, 6.45) is 0. The number of rotatable bonds is 8. The van der Waals surface area contributed by atoms with Crippen molar-refractivity contribution in [2.24, 2.45) is 0 Å². The van der Waals surface area contributed by atoms with Crippen molar-refractivity contribution >= 4 is 29.1 Å². The molecule has 2 aromatic carbocycles. The summed E-state index contributed by atoms with van der Waals surface area (Å²) in [6.45, 7) is 5.88. The van der Waals surface area contributed by atoms with E-state index in [1.54, 1.807) is 54.4 Å². The highest BCUT2D eigenvalue weighted by Crippen LogP contribution is 2.23. The first kappa shape index (κ1) is 23.9. The van der Waals surface area contributed by atoms with E-state index in [-0.39, 0.29) is 36.3 Å². The maximum atomic E-state index is 12.5. The molecular weight excluding hydrogens is 396 g/mol. The van der Waals surface area contributed by atoms with E-state index in [9.17, 15) is 14.4 Å². The topological polar surface area (TPSA) is 99.8 Å². The van der Waals surface area contributed by atoms with Crippen molar-refractivity contribution in [2.75, 3.05) is 37.9 Å². The molecule has 0 spiro atoms. The SMILES string of the molecule is COc1ccccc1NC(=O)c1ccc(NC(=O)CN(C)CC(=O)NC(C)(C)C)cc1. The van der Waals surface area contributed by atoms with Crippen LogP contribution >= 0.6 is 0 Å². The van der Waals surface area contributed by atoms with Crippen LogP contribution in [0.2, 0.25) is 0 Å². The molecule has 2 rings (SSSR count). The molecule has 0 saturated carbocycles. The Morgan fingerprint density at radius 3 is 2.13 bits per heavy atom. The summed E-state index contributed by atoms with van der Waals surface area (Å²) in [6, 6.07) is 13.7. The molecule has 3 amide bonds. The zero-order valence-corrected chi connectivity index (χ0v) is 18.6. The first-order valence-corrected chi connectivity index (χ1v) is 9.91. The summed E-state index contributed by atoms with van der Waals surface area (Å²) in [4.78, 5) is 38.3. The van der Waals surface area contributed by atoms with E-state index in [2.05, 4.69) is 16.0 Å². The maximum absolute atomic E-state index is 12.5. The van der Waals surface area contributed by atoms with Crippen LogP contribution in [-0.2, 0) is 9.59 Å².